The van der Waals surface area contributed by atoms with Crippen LogP contribution in [0.15, 0.2) is 59.5 Å². The molecule has 33 heavy (non-hydrogen) atoms. The van der Waals surface area contributed by atoms with Crippen LogP contribution in [0, 0.1) is 6.92 Å². The van der Waals surface area contributed by atoms with Crippen molar-refractivity contribution in [3.05, 3.63) is 70.7 Å². The van der Waals surface area contributed by atoms with E-state index in [-0.39, 0.29) is 23.5 Å². The van der Waals surface area contributed by atoms with Crippen molar-refractivity contribution in [2.45, 2.75) is 11.8 Å². The molecule has 9 nitrogen and oxygen atoms in total. The molecule has 3 aromatic rings. The van der Waals surface area contributed by atoms with Crippen molar-refractivity contribution in [2.24, 2.45) is 0 Å². The summed E-state index contributed by atoms with van der Waals surface area (Å²) in [5, 5.41) is 0.700. The molecule has 0 radical (unpaired) electrons. The highest BCUT2D eigenvalue weighted by Gasteiger charge is 2.27. The Bertz CT molecular complexity index is 1270. The Balaban J connectivity index is 1.44. The number of aryl methyl sites for hydroxylation is 1. The number of rotatable bonds is 5. The fourth-order valence-corrected chi connectivity index (χ4v) is 5.71. The van der Waals surface area contributed by atoms with Gasteiger partial charge in [0.2, 0.25) is 10.0 Å². The Morgan fingerprint density at radius 2 is 1.70 bits per heavy atom. The molecule has 0 aliphatic carbocycles. The Hall–Kier alpha value is -3.12. The zero-order valence-corrected chi connectivity index (χ0v) is 19.4. The average molecular weight is 487 g/mol. The van der Waals surface area contributed by atoms with Crippen molar-refractivity contribution in [2.75, 3.05) is 26.3 Å². The first kappa shape index (κ1) is 23.1. The number of carbonyl (C=O) groups excluding carboxylic acids is 2. The lowest BCUT2D eigenvalue weighted by Gasteiger charge is -2.26. The van der Waals surface area contributed by atoms with E-state index < -0.39 is 21.8 Å². The summed E-state index contributed by atoms with van der Waals surface area (Å²) in [6.45, 7) is 2.89. The highest BCUT2D eigenvalue weighted by Crippen LogP contribution is 2.27. The minimum absolute atomic E-state index is 0.00850. The van der Waals surface area contributed by atoms with Crippen LogP contribution in [0.3, 0.4) is 0 Å². The van der Waals surface area contributed by atoms with Gasteiger partial charge in [-0.15, -0.1) is 11.3 Å². The number of thiazole rings is 1. The number of hydrogen-bond donors (Lipinski definition) is 2. The number of aromatic nitrogens is 1. The maximum absolute atomic E-state index is 12.8. The van der Waals surface area contributed by atoms with E-state index in [0.29, 0.717) is 28.8 Å². The molecule has 1 aliphatic heterocycles. The van der Waals surface area contributed by atoms with Crippen molar-refractivity contribution in [1.82, 2.24) is 20.1 Å². The van der Waals surface area contributed by atoms with E-state index in [0.717, 1.165) is 5.56 Å². The zero-order chi connectivity index (χ0) is 23.4. The Kier molecular flexibility index (Phi) is 6.84. The summed E-state index contributed by atoms with van der Waals surface area (Å²) in [7, 11) is -3.74. The molecule has 0 unspecified atom stereocenters. The lowest BCUT2D eigenvalue weighted by molar-refractivity contribution is 0.0730. The van der Waals surface area contributed by atoms with E-state index in [1.54, 1.807) is 6.92 Å². The smallest absolute Gasteiger partial charge is 0.281 e. The number of morpholine rings is 1. The normalized spacial score (nSPS) is 14.6. The molecule has 2 aromatic carbocycles. The molecule has 0 saturated carbocycles. The molecule has 0 bridgehead atoms. The van der Waals surface area contributed by atoms with Crippen LogP contribution in [-0.4, -0.2) is 55.8 Å². The monoisotopic (exact) mass is 486 g/mol. The minimum Gasteiger partial charge on any atom is -0.379 e. The largest absolute Gasteiger partial charge is 0.379 e. The number of hydrogen-bond acceptors (Lipinski definition) is 7. The molecule has 0 atom stereocenters. The van der Waals surface area contributed by atoms with Gasteiger partial charge < -0.3 is 4.74 Å². The van der Waals surface area contributed by atoms with E-state index in [1.807, 2.05) is 30.3 Å². The number of sulfonamides is 1. The molecule has 2 amide bonds. The van der Waals surface area contributed by atoms with Crippen LogP contribution < -0.4 is 10.9 Å². The van der Waals surface area contributed by atoms with Crippen LogP contribution in [0.4, 0.5) is 0 Å². The second-order valence-electron chi connectivity index (χ2n) is 7.25. The SMILES string of the molecule is Cc1nc(-c2ccccc2)sc1C(=O)NNC(=O)c1cccc(S(=O)(=O)N2CCOCC2)c1. The number of amides is 2. The van der Waals surface area contributed by atoms with E-state index in [9.17, 15) is 18.0 Å². The van der Waals surface area contributed by atoms with Crippen molar-refractivity contribution in [3.63, 3.8) is 0 Å². The maximum Gasteiger partial charge on any atom is 0.281 e. The van der Waals surface area contributed by atoms with Crippen LogP contribution in [0.25, 0.3) is 10.6 Å². The molecular formula is C22H22N4O5S2. The van der Waals surface area contributed by atoms with Gasteiger partial charge in [-0.25, -0.2) is 13.4 Å². The number of nitrogens with one attached hydrogen (secondary N) is 2. The van der Waals surface area contributed by atoms with E-state index >= 15 is 0 Å². The summed E-state index contributed by atoms with van der Waals surface area (Å²) in [4.78, 5) is 30.0. The van der Waals surface area contributed by atoms with Gasteiger partial charge in [0, 0.05) is 24.2 Å². The topological polar surface area (TPSA) is 118 Å². The van der Waals surface area contributed by atoms with Gasteiger partial charge in [0.25, 0.3) is 11.8 Å². The van der Waals surface area contributed by atoms with Crippen molar-refractivity contribution in [1.29, 1.82) is 0 Å². The van der Waals surface area contributed by atoms with Crippen LogP contribution in [0.2, 0.25) is 0 Å². The third-order valence-electron chi connectivity index (χ3n) is 5.02. The molecule has 172 valence electrons. The lowest BCUT2D eigenvalue weighted by atomic mass is 10.2. The molecule has 2 heterocycles. The highest BCUT2D eigenvalue weighted by atomic mass is 32.2. The van der Waals surface area contributed by atoms with E-state index in [2.05, 4.69) is 15.8 Å². The summed E-state index contributed by atoms with van der Waals surface area (Å²) in [5.74, 6) is -1.13. The van der Waals surface area contributed by atoms with Gasteiger partial charge in [-0.1, -0.05) is 36.4 Å². The van der Waals surface area contributed by atoms with Crippen LogP contribution in [-0.2, 0) is 14.8 Å². The Morgan fingerprint density at radius 3 is 2.42 bits per heavy atom. The van der Waals surface area contributed by atoms with Gasteiger partial charge in [0.15, 0.2) is 0 Å². The average Bonchev–Trinajstić information content (AvgIpc) is 3.25. The standard InChI is InChI=1S/C22H22N4O5S2/c1-15-19(32-22(23-15)16-6-3-2-4-7-16)21(28)25-24-20(27)17-8-5-9-18(14-17)33(29,30)26-10-12-31-13-11-26/h2-9,14H,10-13H2,1H3,(H,24,27)(H,25,28). The van der Waals surface area contributed by atoms with Gasteiger partial charge in [-0.05, 0) is 25.1 Å². The third kappa shape index (κ3) is 5.11. The number of nitrogens with zero attached hydrogens (tertiary/aromatic N) is 2. The molecule has 11 heteroatoms. The predicted octanol–water partition coefficient (Wildman–Crippen LogP) is 2.21. The van der Waals surface area contributed by atoms with Gasteiger partial charge >= 0.3 is 0 Å². The molecular weight excluding hydrogens is 464 g/mol. The lowest BCUT2D eigenvalue weighted by Crippen LogP contribution is -2.42. The summed E-state index contributed by atoms with van der Waals surface area (Å²) < 4.78 is 32.2. The molecule has 1 saturated heterocycles. The molecule has 2 N–H and O–H groups in total. The fraction of sp³-hybridized carbons (Fsp3) is 0.227. The molecule has 4 rings (SSSR count). The maximum atomic E-state index is 12.8. The van der Waals surface area contributed by atoms with Crippen LogP contribution in [0.1, 0.15) is 25.7 Å². The third-order valence-corrected chi connectivity index (χ3v) is 8.12. The highest BCUT2D eigenvalue weighted by molar-refractivity contribution is 7.89. The predicted molar refractivity (Wildman–Crippen MR) is 123 cm³/mol. The van der Waals surface area contributed by atoms with Crippen molar-refractivity contribution >= 4 is 33.2 Å². The van der Waals surface area contributed by atoms with Gasteiger partial charge in [0.05, 0.1) is 23.8 Å². The first-order valence-electron chi connectivity index (χ1n) is 10.2. The summed E-state index contributed by atoms with van der Waals surface area (Å²) in [6, 6.07) is 15.2. The second kappa shape index (κ2) is 9.79. The summed E-state index contributed by atoms with van der Waals surface area (Å²) in [5.41, 5.74) is 6.27. The van der Waals surface area contributed by atoms with Gasteiger partial charge in [-0.3, -0.25) is 20.4 Å². The van der Waals surface area contributed by atoms with Crippen molar-refractivity contribution in [3.8, 4) is 10.6 Å². The van der Waals surface area contributed by atoms with Crippen molar-refractivity contribution < 1.29 is 22.7 Å². The van der Waals surface area contributed by atoms with E-state index in [4.69, 9.17) is 4.74 Å². The second-order valence-corrected chi connectivity index (χ2v) is 10.2. The number of hydrazine groups is 1. The summed E-state index contributed by atoms with van der Waals surface area (Å²) >= 11 is 1.22. The number of carbonyl (C=O) groups is 2. The first-order valence-corrected chi connectivity index (χ1v) is 12.4. The zero-order valence-electron chi connectivity index (χ0n) is 17.8. The number of ether oxygens (including phenoxy) is 1. The van der Waals surface area contributed by atoms with Crippen LogP contribution >= 0.6 is 11.3 Å². The molecule has 1 aliphatic rings. The van der Waals surface area contributed by atoms with Gasteiger partial charge in [-0.2, -0.15) is 4.31 Å². The molecule has 1 aromatic heterocycles. The fourth-order valence-electron chi connectivity index (χ4n) is 3.29. The first-order chi connectivity index (χ1) is 15.9. The Morgan fingerprint density at radius 1 is 1.00 bits per heavy atom. The van der Waals surface area contributed by atoms with E-state index in [1.165, 1.54) is 39.9 Å². The van der Waals surface area contributed by atoms with Gasteiger partial charge in [0.1, 0.15) is 9.88 Å². The quantitative estimate of drug-likeness (QED) is 0.534. The van der Waals surface area contributed by atoms with Crippen LogP contribution in [0.5, 0.6) is 0 Å². The minimum atomic E-state index is -3.74. The Labute approximate surface area is 195 Å². The molecule has 0 spiro atoms. The number of benzene rings is 2. The molecule has 1 fully saturated rings. The summed E-state index contributed by atoms with van der Waals surface area (Å²) in [6.07, 6.45) is 0.